The summed E-state index contributed by atoms with van der Waals surface area (Å²) in [5.41, 5.74) is 6.13. The van der Waals surface area contributed by atoms with Crippen molar-refractivity contribution in [1.82, 2.24) is 4.98 Å². The summed E-state index contributed by atoms with van der Waals surface area (Å²) in [7, 11) is 0. The molecular formula is C12H11FN2O2. The van der Waals surface area contributed by atoms with Crippen molar-refractivity contribution < 1.29 is 9.18 Å². The maximum absolute atomic E-state index is 13.1. The highest BCUT2D eigenvalue weighted by molar-refractivity contribution is 5.85. The van der Waals surface area contributed by atoms with Crippen LogP contribution >= 0.6 is 0 Å². The van der Waals surface area contributed by atoms with E-state index in [0.29, 0.717) is 16.5 Å². The van der Waals surface area contributed by atoms with Crippen molar-refractivity contribution in [3.05, 3.63) is 45.5 Å². The maximum Gasteiger partial charge on any atom is 0.252 e. The van der Waals surface area contributed by atoms with Gasteiger partial charge in [0.25, 0.3) is 5.56 Å². The fourth-order valence-electron chi connectivity index (χ4n) is 1.85. The largest absolute Gasteiger partial charge is 0.369 e. The maximum atomic E-state index is 13.1. The number of primary amides is 1. The second-order valence-electron chi connectivity index (χ2n) is 3.89. The van der Waals surface area contributed by atoms with E-state index in [1.54, 1.807) is 6.92 Å². The predicted octanol–water partition coefficient (Wildman–Crippen LogP) is 1.00. The third-order valence-electron chi connectivity index (χ3n) is 2.71. The Morgan fingerprint density at radius 2 is 2.18 bits per heavy atom. The molecule has 2 aromatic rings. The van der Waals surface area contributed by atoms with Crippen molar-refractivity contribution in [3.8, 4) is 0 Å². The number of H-pyrrole nitrogens is 1. The van der Waals surface area contributed by atoms with Crippen LogP contribution in [0.4, 0.5) is 4.39 Å². The number of aryl methyl sites for hydroxylation is 1. The fourth-order valence-corrected chi connectivity index (χ4v) is 1.85. The minimum atomic E-state index is -0.589. The van der Waals surface area contributed by atoms with Crippen molar-refractivity contribution in [1.29, 1.82) is 0 Å². The number of carbonyl (C=O) groups is 1. The summed E-state index contributed by atoms with van der Waals surface area (Å²) in [5.74, 6) is -0.980. The van der Waals surface area contributed by atoms with Crippen LogP contribution < -0.4 is 11.3 Å². The number of amides is 1. The van der Waals surface area contributed by atoms with Crippen LogP contribution in [0.2, 0.25) is 0 Å². The predicted molar refractivity (Wildman–Crippen MR) is 62.2 cm³/mol. The minimum absolute atomic E-state index is 0.145. The summed E-state index contributed by atoms with van der Waals surface area (Å²) in [4.78, 5) is 25.2. The number of carbonyl (C=O) groups excluding carboxylic acids is 1. The Morgan fingerprint density at radius 1 is 1.47 bits per heavy atom. The van der Waals surface area contributed by atoms with Crippen molar-refractivity contribution in [2.75, 3.05) is 0 Å². The van der Waals surface area contributed by atoms with E-state index < -0.39 is 11.7 Å². The van der Waals surface area contributed by atoms with Crippen LogP contribution in [0, 0.1) is 12.7 Å². The summed E-state index contributed by atoms with van der Waals surface area (Å²) >= 11 is 0. The highest BCUT2D eigenvalue weighted by Gasteiger charge is 2.11. The van der Waals surface area contributed by atoms with E-state index in [9.17, 15) is 14.0 Å². The number of hydrogen-bond acceptors (Lipinski definition) is 2. The van der Waals surface area contributed by atoms with Gasteiger partial charge < -0.3 is 10.7 Å². The molecule has 0 saturated carbocycles. The van der Waals surface area contributed by atoms with Crippen LogP contribution in [-0.2, 0) is 11.2 Å². The number of pyridine rings is 1. The first-order valence-electron chi connectivity index (χ1n) is 5.08. The van der Waals surface area contributed by atoms with Crippen LogP contribution in [-0.4, -0.2) is 10.9 Å². The molecule has 0 aliphatic carbocycles. The first-order chi connectivity index (χ1) is 7.99. The summed E-state index contributed by atoms with van der Waals surface area (Å²) in [5, 5.41) is 0.584. The van der Waals surface area contributed by atoms with Crippen LogP contribution in [0.5, 0.6) is 0 Å². The molecule has 0 atom stereocenters. The molecule has 88 valence electrons. The number of fused-ring (bicyclic) bond motifs is 1. The molecular weight excluding hydrogens is 223 g/mol. The lowest BCUT2D eigenvalue weighted by Gasteiger charge is -2.07. The lowest BCUT2D eigenvalue weighted by molar-refractivity contribution is -0.117. The van der Waals surface area contributed by atoms with E-state index in [1.807, 2.05) is 0 Å². The summed E-state index contributed by atoms with van der Waals surface area (Å²) < 4.78 is 13.1. The van der Waals surface area contributed by atoms with Crippen molar-refractivity contribution >= 4 is 16.8 Å². The van der Waals surface area contributed by atoms with Crippen molar-refractivity contribution in [2.45, 2.75) is 13.3 Å². The quantitative estimate of drug-likeness (QED) is 0.813. The van der Waals surface area contributed by atoms with Gasteiger partial charge in [-0.2, -0.15) is 0 Å². The smallest absolute Gasteiger partial charge is 0.252 e. The normalized spacial score (nSPS) is 10.7. The Kier molecular flexibility index (Phi) is 2.67. The van der Waals surface area contributed by atoms with Gasteiger partial charge in [-0.25, -0.2) is 4.39 Å². The highest BCUT2D eigenvalue weighted by Crippen LogP contribution is 2.18. The number of nitrogens with one attached hydrogen (secondary N) is 1. The molecule has 0 aliphatic rings. The lowest BCUT2D eigenvalue weighted by Crippen LogP contribution is -2.22. The Labute approximate surface area is 96.3 Å². The van der Waals surface area contributed by atoms with E-state index in [2.05, 4.69) is 4.98 Å². The molecule has 4 nitrogen and oxygen atoms in total. The zero-order valence-corrected chi connectivity index (χ0v) is 9.21. The van der Waals surface area contributed by atoms with Gasteiger partial charge in [0.15, 0.2) is 0 Å². The molecule has 3 N–H and O–H groups in total. The number of halogens is 1. The standard InChI is InChI=1S/C12H11FN2O2/c1-6-8-4-7(13)2-3-10(8)15-12(17)9(6)5-11(14)16/h2-4H,5H2,1H3,(H2,14,16)(H,15,17). The molecule has 0 fully saturated rings. The molecule has 5 heteroatoms. The average molecular weight is 234 g/mol. The Bertz CT molecular complexity index is 661. The highest BCUT2D eigenvalue weighted by atomic mass is 19.1. The van der Waals surface area contributed by atoms with Crippen LogP contribution in [0.15, 0.2) is 23.0 Å². The third-order valence-corrected chi connectivity index (χ3v) is 2.71. The van der Waals surface area contributed by atoms with Gasteiger partial charge in [0.2, 0.25) is 5.91 Å². The Hall–Kier alpha value is -2.17. The van der Waals surface area contributed by atoms with Gasteiger partial charge in [-0.1, -0.05) is 0 Å². The summed E-state index contributed by atoms with van der Waals surface area (Å²) in [6.45, 7) is 1.68. The van der Waals surface area contributed by atoms with E-state index in [-0.39, 0.29) is 17.5 Å². The zero-order chi connectivity index (χ0) is 12.6. The Morgan fingerprint density at radius 3 is 2.82 bits per heavy atom. The van der Waals surface area contributed by atoms with Crippen molar-refractivity contribution in [2.24, 2.45) is 5.73 Å². The van der Waals surface area contributed by atoms with Gasteiger partial charge in [0, 0.05) is 16.5 Å². The van der Waals surface area contributed by atoms with Gasteiger partial charge in [0.1, 0.15) is 5.82 Å². The first-order valence-corrected chi connectivity index (χ1v) is 5.08. The number of hydrogen-bond donors (Lipinski definition) is 2. The molecule has 1 aromatic carbocycles. The number of aromatic amines is 1. The van der Waals surface area contributed by atoms with Gasteiger partial charge in [-0.15, -0.1) is 0 Å². The monoisotopic (exact) mass is 234 g/mol. The lowest BCUT2D eigenvalue weighted by atomic mass is 10.0. The summed E-state index contributed by atoms with van der Waals surface area (Å²) in [6, 6.07) is 4.09. The molecule has 0 aliphatic heterocycles. The van der Waals surface area contributed by atoms with Crippen LogP contribution in [0.1, 0.15) is 11.1 Å². The SMILES string of the molecule is Cc1c(CC(N)=O)c(=O)[nH]c2ccc(F)cc12. The number of benzene rings is 1. The molecule has 2 rings (SSSR count). The Balaban J connectivity index is 2.77. The molecule has 0 spiro atoms. The third kappa shape index (κ3) is 2.04. The summed E-state index contributed by atoms with van der Waals surface area (Å²) in [6.07, 6.45) is -0.145. The van der Waals surface area contributed by atoms with Crippen LogP contribution in [0.25, 0.3) is 10.9 Å². The van der Waals surface area contributed by atoms with Gasteiger partial charge in [0.05, 0.1) is 6.42 Å². The molecule has 0 saturated heterocycles. The van der Waals surface area contributed by atoms with Crippen LogP contribution in [0.3, 0.4) is 0 Å². The van der Waals surface area contributed by atoms with E-state index >= 15 is 0 Å². The molecule has 0 unspecified atom stereocenters. The van der Waals surface area contributed by atoms with Gasteiger partial charge in [-0.3, -0.25) is 9.59 Å². The number of nitrogens with two attached hydrogens (primary N) is 1. The van der Waals surface area contributed by atoms with Gasteiger partial charge >= 0.3 is 0 Å². The number of rotatable bonds is 2. The second-order valence-corrected chi connectivity index (χ2v) is 3.89. The molecule has 1 amide bonds. The van der Waals surface area contributed by atoms with Gasteiger partial charge in [-0.05, 0) is 30.7 Å². The fraction of sp³-hybridized carbons (Fsp3) is 0.167. The zero-order valence-electron chi connectivity index (χ0n) is 9.21. The molecule has 0 radical (unpaired) electrons. The average Bonchev–Trinajstić information content (AvgIpc) is 2.25. The van der Waals surface area contributed by atoms with E-state index in [0.717, 1.165) is 0 Å². The van der Waals surface area contributed by atoms with Crippen molar-refractivity contribution in [3.63, 3.8) is 0 Å². The first kappa shape index (κ1) is 11.3. The van der Waals surface area contributed by atoms with E-state index in [1.165, 1.54) is 18.2 Å². The molecule has 0 bridgehead atoms. The topological polar surface area (TPSA) is 76.0 Å². The second kappa shape index (κ2) is 4.01. The van der Waals surface area contributed by atoms with E-state index in [4.69, 9.17) is 5.73 Å². The molecule has 1 heterocycles. The number of aromatic nitrogens is 1. The molecule has 1 aromatic heterocycles. The molecule has 17 heavy (non-hydrogen) atoms. The minimum Gasteiger partial charge on any atom is -0.369 e.